The van der Waals surface area contributed by atoms with Gasteiger partial charge in [0.2, 0.25) is 0 Å². The zero-order valence-corrected chi connectivity index (χ0v) is 11.8. The minimum absolute atomic E-state index is 0.504. The summed E-state index contributed by atoms with van der Waals surface area (Å²) in [6, 6.07) is 8.20. The summed E-state index contributed by atoms with van der Waals surface area (Å²) in [5, 5.41) is 0.807. The predicted octanol–water partition coefficient (Wildman–Crippen LogP) is 4.74. The van der Waals surface area contributed by atoms with E-state index in [-0.39, 0.29) is 0 Å². The average Bonchev–Trinajstić information content (AvgIpc) is 2.42. The van der Waals surface area contributed by atoms with E-state index in [0.29, 0.717) is 5.92 Å². The van der Waals surface area contributed by atoms with Crippen molar-refractivity contribution in [3.63, 3.8) is 0 Å². The van der Waals surface area contributed by atoms with Crippen LogP contribution in [0.2, 0.25) is 5.02 Å². The number of hydrogen-bond acceptors (Lipinski definition) is 1. The molecule has 1 saturated carbocycles. The van der Waals surface area contributed by atoms with Gasteiger partial charge in [-0.05, 0) is 48.9 Å². The van der Waals surface area contributed by atoms with Crippen molar-refractivity contribution >= 4 is 11.6 Å². The first kappa shape index (κ1) is 13.9. The SMILES string of the molecule is NCC(CCC1CCCCC1)c1ccc(Cl)cc1. The smallest absolute Gasteiger partial charge is 0.0406 e. The van der Waals surface area contributed by atoms with Gasteiger partial charge in [0.1, 0.15) is 0 Å². The van der Waals surface area contributed by atoms with Gasteiger partial charge in [0.25, 0.3) is 0 Å². The van der Waals surface area contributed by atoms with Gasteiger partial charge >= 0.3 is 0 Å². The lowest BCUT2D eigenvalue weighted by atomic mass is 9.83. The fraction of sp³-hybridized carbons (Fsp3) is 0.625. The van der Waals surface area contributed by atoms with Gasteiger partial charge in [0.05, 0.1) is 0 Å². The molecule has 1 nitrogen and oxygen atoms in total. The summed E-state index contributed by atoms with van der Waals surface area (Å²) in [5.41, 5.74) is 7.27. The molecule has 1 aliphatic rings. The third-order valence-corrected chi connectivity index (χ3v) is 4.53. The molecule has 0 aromatic heterocycles. The molecule has 1 atom stereocenters. The third kappa shape index (κ3) is 4.00. The van der Waals surface area contributed by atoms with E-state index >= 15 is 0 Å². The molecule has 0 radical (unpaired) electrons. The largest absolute Gasteiger partial charge is 0.330 e. The van der Waals surface area contributed by atoms with Crippen molar-refractivity contribution in [3.8, 4) is 0 Å². The van der Waals surface area contributed by atoms with Crippen molar-refractivity contribution in [1.29, 1.82) is 0 Å². The van der Waals surface area contributed by atoms with Crippen molar-refractivity contribution in [3.05, 3.63) is 34.9 Å². The van der Waals surface area contributed by atoms with Crippen LogP contribution in [0.3, 0.4) is 0 Å². The molecule has 1 unspecified atom stereocenters. The highest BCUT2D eigenvalue weighted by atomic mass is 35.5. The molecule has 100 valence electrons. The summed E-state index contributed by atoms with van der Waals surface area (Å²) < 4.78 is 0. The maximum absolute atomic E-state index is 5.93. The summed E-state index contributed by atoms with van der Waals surface area (Å²) in [5.74, 6) is 1.45. The molecule has 0 heterocycles. The first-order valence-corrected chi connectivity index (χ1v) is 7.63. The molecule has 2 heteroatoms. The number of rotatable bonds is 5. The van der Waals surface area contributed by atoms with Crippen LogP contribution in [0.5, 0.6) is 0 Å². The van der Waals surface area contributed by atoms with Crippen LogP contribution in [0.15, 0.2) is 24.3 Å². The summed E-state index contributed by atoms with van der Waals surface area (Å²) >= 11 is 5.93. The van der Waals surface area contributed by atoms with Crippen LogP contribution in [-0.4, -0.2) is 6.54 Å². The molecule has 0 saturated heterocycles. The van der Waals surface area contributed by atoms with Crippen LogP contribution in [0.4, 0.5) is 0 Å². The Kier molecular flexibility index (Phi) is 5.52. The zero-order valence-electron chi connectivity index (χ0n) is 11.1. The third-order valence-electron chi connectivity index (χ3n) is 4.27. The number of hydrogen-bond donors (Lipinski definition) is 1. The van der Waals surface area contributed by atoms with Gasteiger partial charge < -0.3 is 5.73 Å². The Morgan fingerprint density at radius 1 is 1.11 bits per heavy atom. The Morgan fingerprint density at radius 3 is 2.39 bits per heavy atom. The highest BCUT2D eigenvalue weighted by Crippen LogP contribution is 2.31. The number of halogens is 1. The van der Waals surface area contributed by atoms with Crippen LogP contribution in [0.25, 0.3) is 0 Å². The topological polar surface area (TPSA) is 26.0 Å². The molecule has 1 fully saturated rings. The first-order chi connectivity index (χ1) is 8.79. The molecule has 2 rings (SSSR count). The second-order valence-corrected chi connectivity index (χ2v) is 6.00. The van der Waals surface area contributed by atoms with Crippen LogP contribution in [0.1, 0.15) is 56.4 Å². The van der Waals surface area contributed by atoms with E-state index in [1.165, 1.54) is 50.5 Å². The standard InChI is InChI=1S/C16H24ClN/c17-16-10-8-14(9-11-16)15(12-18)7-6-13-4-2-1-3-5-13/h8-11,13,15H,1-7,12,18H2. The molecule has 18 heavy (non-hydrogen) atoms. The summed E-state index contributed by atoms with van der Waals surface area (Å²) in [7, 11) is 0. The molecule has 0 spiro atoms. The van der Waals surface area contributed by atoms with E-state index in [0.717, 1.165) is 17.5 Å². The molecular formula is C16H24ClN. The summed E-state index contributed by atoms with van der Waals surface area (Å²) in [6.45, 7) is 0.744. The maximum atomic E-state index is 5.93. The van der Waals surface area contributed by atoms with Crippen LogP contribution in [0, 0.1) is 5.92 Å². The van der Waals surface area contributed by atoms with Gasteiger partial charge in [-0.1, -0.05) is 55.8 Å². The van der Waals surface area contributed by atoms with Gasteiger partial charge in [-0.25, -0.2) is 0 Å². The van der Waals surface area contributed by atoms with Crippen molar-refractivity contribution < 1.29 is 0 Å². The van der Waals surface area contributed by atoms with E-state index < -0.39 is 0 Å². The monoisotopic (exact) mass is 265 g/mol. The second-order valence-electron chi connectivity index (χ2n) is 5.57. The van der Waals surface area contributed by atoms with E-state index in [1.807, 2.05) is 12.1 Å². The maximum Gasteiger partial charge on any atom is 0.0406 e. The Balaban J connectivity index is 1.86. The number of nitrogens with two attached hydrogens (primary N) is 1. The molecule has 1 aromatic carbocycles. The second kappa shape index (κ2) is 7.16. The molecule has 1 aromatic rings. The van der Waals surface area contributed by atoms with E-state index in [4.69, 9.17) is 17.3 Å². The van der Waals surface area contributed by atoms with E-state index in [1.54, 1.807) is 0 Å². The highest BCUT2D eigenvalue weighted by Gasteiger charge is 2.16. The lowest BCUT2D eigenvalue weighted by Crippen LogP contribution is -2.15. The first-order valence-electron chi connectivity index (χ1n) is 7.25. The quantitative estimate of drug-likeness (QED) is 0.817. The minimum Gasteiger partial charge on any atom is -0.330 e. The van der Waals surface area contributed by atoms with Crippen LogP contribution >= 0.6 is 11.6 Å². The van der Waals surface area contributed by atoms with Crippen molar-refractivity contribution in [1.82, 2.24) is 0 Å². The number of benzene rings is 1. The fourth-order valence-corrected chi connectivity index (χ4v) is 3.19. The predicted molar refractivity (Wildman–Crippen MR) is 79.1 cm³/mol. The lowest BCUT2D eigenvalue weighted by molar-refractivity contribution is 0.324. The molecule has 2 N–H and O–H groups in total. The summed E-state index contributed by atoms with van der Waals surface area (Å²) in [4.78, 5) is 0. The van der Waals surface area contributed by atoms with Crippen molar-refractivity contribution in [2.45, 2.75) is 50.9 Å². The molecule has 0 bridgehead atoms. The van der Waals surface area contributed by atoms with Gasteiger partial charge in [0, 0.05) is 5.02 Å². The van der Waals surface area contributed by atoms with Crippen molar-refractivity contribution in [2.75, 3.05) is 6.54 Å². The normalized spacial score (nSPS) is 18.8. The Morgan fingerprint density at radius 2 is 1.78 bits per heavy atom. The van der Waals surface area contributed by atoms with E-state index in [9.17, 15) is 0 Å². The Labute approximate surface area is 116 Å². The van der Waals surface area contributed by atoms with Crippen LogP contribution < -0.4 is 5.73 Å². The average molecular weight is 266 g/mol. The van der Waals surface area contributed by atoms with Crippen molar-refractivity contribution in [2.24, 2.45) is 11.7 Å². The van der Waals surface area contributed by atoms with Gasteiger partial charge in [-0.3, -0.25) is 0 Å². The summed E-state index contributed by atoms with van der Waals surface area (Å²) in [6.07, 6.45) is 9.72. The van der Waals surface area contributed by atoms with Gasteiger partial charge in [-0.15, -0.1) is 0 Å². The lowest BCUT2D eigenvalue weighted by Gasteiger charge is -2.24. The molecular weight excluding hydrogens is 242 g/mol. The zero-order chi connectivity index (χ0) is 12.8. The van der Waals surface area contributed by atoms with Gasteiger partial charge in [0.15, 0.2) is 0 Å². The Bertz CT molecular complexity index is 341. The molecule has 0 amide bonds. The Hall–Kier alpha value is -0.530. The highest BCUT2D eigenvalue weighted by molar-refractivity contribution is 6.30. The van der Waals surface area contributed by atoms with Crippen LogP contribution in [-0.2, 0) is 0 Å². The van der Waals surface area contributed by atoms with E-state index in [2.05, 4.69) is 12.1 Å². The minimum atomic E-state index is 0.504. The fourth-order valence-electron chi connectivity index (χ4n) is 3.07. The van der Waals surface area contributed by atoms with Gasteiger partial charge in [-0.2, -0.15) is 0 Å². The molecule has 0 aliphatic heterocycles. The molecule has 1 aliphatic carbocycles.